The predicted octanol–water partition coefficient (Wildman–Crippen LogP) is 3.71. The van der Waals surface area contributed by atoms with Crippen LogP contribution in [-0.4, -0.2) is 15.9 Å². The molecule has 0 saturated carbocycles. The van der Waals surface area contributed by atoms with Gasteiger partial charge in [-0.05, 0) is 42.8 Å². The Labute approximate surface area is 127 Å². The first-order chi connectivity index (χ1) is 10.1. The Morgan fingerprint density at radius 1 is 1.24 bits per heavy atom. The molecule has 0 aliphatic heterocycles. The standard InChI is InChI=1S/C16H14ClN3O/c1-10(11-2-5-13(17)6-3-11)20-16(21)12-4-7-14-15(8-12)19-9-18-14/h2-10H,1H3,(H,18,19)(H,20,21). The summed E-state index contributed by atoms with van der Waals surface area (Å²) in [6, 6.07) is 12.8. The Morgan fingerprint density at radius 2 is 2.00 bits per heavy atom. The number of hydrogen-bond acceptors (Lipinski definition) is 2. The first kappa shape index (κ1) is 13.6. The highest BCUT2D eigenvalue weighted by Crippen LogP contribution is 2.17. The van der Waals surface area contributed by atoms with Gasteiger partial charge in [0.1, 0.15) is 0 Å². The van der Waals surface area contributed by atoms with Crippen LogP contribution in [0, 0.1) is 0 Å². The lowest BCUT2D eigenvalue weighted by atomic mass is 10.1. The smallest absolute Gasteiger partial charge is 0.251 e. The lowest BCUT2D eigenvalue weighted by Crippen LogP contribution is -2.26. The molecule has 0 spiro atoms. The summed E-state index contributed by atoms with van der Waals surface area (Å²) in [5, 5.41) is 3.65. The van der Waals surface area contributed by atoms with E-state index in [4.69, 9.17) is 11.6 Å². The van der Waals surface area contributed by atoms with Gasteiger partial charge in [0.2, 0.25) is 0 Å². The van der Waals surface area contributed by atoms with Crippen molar-refractivity contribution in [3.8, 4) is 0 Å². The molecule has 2 aromatic carbocycles. The van der Waals surface area contributed by atoms with Gasteiger partial charge < -0.3 is 10.3 Å². The van der Waals surface area contributed by atoms with Crippen LogP contribution in [-0.2, 0) is 0 Å². The number of benzene rings is 2. The summed E-state index contributed by atoms with van der Waals surface area (Å²) in [4.78, 5) is 19.4. The molecule has 1 amide bonds. The number of halogens is 1. The molecule has 3 aromatic rings. The summed E-state index contributed by atoms with van der Waals surface area (Å²) in [5.74, 6) is -0.117. The molecule has 0 aliphatic rings. The number of carbonyl (C=O) groups excluding carboxylic acids is 1. The minimum atomic E-state index is -0.117. The van der Waals surface area contributed by atoms with Gasteiger partial charge in [0.05, 0.1) is 23.4 Å². The summed E-state index contributed by atoms with van der Waals surface area (Å²) in [5.41, 5.74) is 3.31. The summed E-state index contributed by atoms with van der Waals surface area (Å²) in [6.07, 6.45) is 1.61. The van der Waals surface area contributed by atoms with Gasteiger partial charge in [0.15, 0.2) is 0 Å². The van der Waals surface area contributed by atoms with Crippen LogP contribution >= 0.6 is 11.6 Å². The van der Waals surface area contributed by atoms with Gasteiger partial charge in [-0.25, -0.2) is 4.98 Å². The largest absolute Gasteiger partial charge is 0.346 e. The number of amides is 1. The number of hydrogen-bond donors (Lipinski definition) is 2. The molecular weight excluding hydrogens is 286 g/mol. The number of rotatable bonds is 3. The minimum Gasteiger partial charge on any atom is -0.346 e. The molecule has 0 fully saturated rings. The first-order valence-corrected chi connectivity index (χ1v) is 7.01. The summed E-state index contributed by atoms with van der Waals surface area (Å²) in [6.45, 7) is 1.94. The molecule has 0 saturated heterocycles. The van der Waals surface area contributed by atoms with Crippen LogP contribution in [0.25, 0.3) is 11.0 Å². The number of nitrogens with one attached hydrogen (secondary N) is 2. The number of aromatic amines is 1. The van der Waals surface area contributed by atoms with Crippen molar-refractivity contribution >= 4 is 28.5 Å². The van der Waals surface area contributed by atoms with Gasteiger partial charge in [0, 0.05) is 10.6 Å². The molecule has 3 rings (SSSR count). The van der Waals surface area contributed by atoms with E-state index >= 15 is 0 Å². The number of aromatic nitrogens is 2. The summed E-state index contributed by atoms with van der Waals surface area (Å²) < 4.78 is 0. The molecule has 0 bridgehead atoms. The Hall–Kier alpha value is -2.33. The van der Waals surface area contributed by atoms with E-state index in [0.29, 0.717) is 10.6 Å². The Balaban J connectivity index is 1.77. The van der Waals surface area contributed by atoms with Crippen molar-refractivity contribution in [2.45, 2.75) is 13.0 Å². The molecule has 2 N–H and O–H groups in total. The van der Waals surface area contributed by atoms with Crippen molar-refractivity contribution in [2.24, 2.45) is 0 Å². The normalized spacial score (nSPS) is 12.3. The highest BCUT2D eigenvalue weighted by atomic mass is 35.5. The summed E-state index contributed by atoms with van der Waals surface area (Å²) >= 11 is 5.87. The number of nitrogens with zero attached hydrogens (tertiary/aromatic N) is 1. The molecular formula is C16H14ClN3O. The third-order valence-corrected chi connectivity index (χ3v) is 3.65. The second-order valence-corrected chi connectivity index (χ2v) is 5.32. The summed E-state index contributed by atoms with van der Waals surface area (Å²) in [7, 11) is 0. The maximum absolute atomic E-state index is 12.3. The zero-order chi connectivity index (χ0) is 14.8. The maximum atomic E-state index is 12.3. The van der Waals surface area contributed by atoms with Gasteiger partial charge in [0.25, 0.3) is 5.91 Å². The third-order valence-electron chi connectivity index (χ3n) is 3.40. The van der Waals surface area contributed by atoms with Crippen molar-refractivity contribution in [3.05, 3.63) is 64.9 Å². The van der Waals surface area contributed by atoms with Crippen LogP contribution in [0.3, 0.4) is 0 Å². The van der Waals surface area contributed by atoms with E-state index in [1.165, 1.54) is 0 Å². The van der Waals surface area contributed by atoms with Gasteiger partial charge in [-0.2, -0.15) is 0 Å². The van der Waals surface area contributed by atoms with Crippen molar-refractivity contribution < 1.29 is 4.79 Å². The fourth-order valence-corrected chi connectivity index (χ4v) is 2.32. The van der Waals surface area contributed by atoms with E-state index in [1.807, 2.05) is 37.3 Å². The van der Waals surface area contributed by atoms with Crippen molar-refractivity contribution in [3.63, 3.8) is 0 Å². The molecule has 1 aromatic heterocycles. The van der Waals surface area contributed by atoms with Crippen LogP contribution < -0.4 is 5.32 Å². The van der Waals surface area contributed by atoms with Crippen LogP contribution in [0.1, 0.15) is 28.9 Å². The fraction of sp³-hybridized carbons (Fsp3) is 0.125. The fourth-order valence-electron chi connectivity index (χ4n) is 2.19. The molecule has 106 valence electrons. The van der Waals surface area contributed by atoms with E-state index in [0.717, 1.165) is 16.6 Å². The van der Waals surface area contributed by atoms with E-state index in [-0.39, 0.29) is 11.9 Å². The molecule has 4 nitrogen and oxygen atoms in total. The van der Waals surface area contributed by atoms with E-state index < -0.39 is 0 Å². The Kier molecular flexibility index (Phi) is 3.62. The predicted molar refractivity (Wildman–Crippen MR) is 83.4 cm³/mol. The van der Waals surface area contributed by atoms with Gasteiger partial charge in [-0.3, -0.25) is 4.79 Å². The van der Waals surface area contributed by atoms with Crippen LogP contribution in [0.15, 0.2) is 48.8 Å². The molecule has 1 heterocycles. The maximum Gasteiger partial charge on any atom is 0.251 e. The van der Waals surface area contributed by atoms with Gasteiger partial charge in [-0.15, -0.1) is 0 Å². The highest BCUT2D eigenvalue weighted by Gasteiger charge is 2.12. The second-order valence-electron chi connectivity index (χ2n) is 4.88. The second kappa shape index (κ2) is 5.58. The molecule has 0 aliphatic carbocycles. The zero-order valence-corrected chi connectivity index (χ0v) is 12.2. The highest BCUT2D eigenvalue weighted by molar-refractivity contribution is 6.30. The van der Waals surface area contributed by atoms with Crippen molar-refractivity contribution in [2.75, 3.05) is 0 Å². The van der Waals surface area contributed by atoms with Crippen molar-refractivity contribution in [1.82, 2.24) is 15.3 Å². The third kappa shape index (κ3) is 2.90. The minimum absolute atomic E-state index is 0.0905. The van der Waals surface area contributed by atoms with Crippen molar-refractivity contribution in [1.29, 1.82) is 0 Å². The first-order valence-electron chi connectivity index (χ1n) is 6.63. The quantitative estimate of drug-likeness (QED) is 0.774. The van der Waals surface area contributed by atoms with Crippen LogP contribution in [0.2, 0.25) is 5.02 Å². The molecule has 5 heteroatoms. The Bertz CT molecular complexity index is 780. The number of fused-ring (bicyclic) bond motifs is 1. The van der Waals surface area contributed by atoms with E-state index in [2.05, 4.69) is 15.3 Å². The number of carbonyl (C=O) groups is 1. The average Bonchev–Trinajstić information content (AvgIpc) is 2.95. The molecule has 21 heavy (non-hydrogen) atoms. The SMILES string of the molecule is CC(NC(=O)c1ccc2nc[nH]c2c1)c1ccc(Cl)cc1. The topological polar surface area (TPSA) is 57.8 Å². The van der Waals surface area contributed by atoms with Crippen LogP contribution in [0.5, 0.6) is 0 Å². The lowest BCUT2D eigenvalue weighted by molar-refractivity contribution is 0.0940. The van der Waals surface area contributed by atoms with Crippen LogP contribution in [0.4, 0.5) is 0 Å². The zero-order valence-electron chi connectivity index (χ0n) is 11.4. The van der Waals surface area contributed by atoms with Gasteiger partial charge >= 0.3 is 0 Å². The molecule has 1 atom stereocenters. The van der Waals surface area contributed by atoms with E-state index in [9.17, 15) is 4.79 Å². The number of imidazole rings is 1. The van der Waals surface area contributed by atoms with E-state index in [1.54, 1.807) is 18.5 Å². The van der Waals surface area contributed by atoms with Gasteiger partial charge in [-0.1, -0.05) is 23.7 Å². The monoisotopic (exact) mass is 299 g/mol. The average molecular weight is 300 g/mol. The molecule has 0 radical (unpaired) electrons. The number of H-pyrrole nitrogens is 1. The molecule has 1 unspecified atom stereocenters. The Morgan fingerprint density at radius 3 is 2.76 bits per heavy atom. The lowest BCUT2D eigenvalue weighted by Gasteiger charge is -2.14.